The van der Waals surface area contributed by atoms with E-state index in [2.05, 4.69) is 50.4 Å². The third-order valence-electron chi connectivity index (χ3n) is 3.31. The predicted molar refractivity (Wildman–Crippen MR) is 82.6 cm³/mol. The van der Waals surface area contributed by atoms with Gasteiger partial charge in [0.1, 0.15) is 0 Å². The first-order valence-electron chi connectivity index (χ1n) is 7.60. The van der Waals surface area contributed by atoms with Gasteiger partial charge in [-0.15, -0.1) is 0 Å². The van der Waals surface area contributed by atoms with Gasteiger partial charge in [0.15, 0.2) is 0 Å². The van der Waals surface area contributed by atoms with Crippen molar-refractivity contribution in [3.63, 3.8) is 0 Å². The van der Waals surface area contributed by atoms with Gasteiger partial charge < -0.3 is 10.1 Å². The van der Waals surface area contributed by atoms with Crippen LogP contribution in [0, 0.1) is 12.8 Å². The van der Waals surface area contributed by atoms with Crippen molar-refractivity contribution >= 4 is 0 Å². The summed E-state index contributed by atoms with van der Waals surface area (Å²) in [6.07, 6.45) is 3.39. The molecule has 0 fully saturated rings. The maximum Gasteiger partial charge on any atom is 0.0469 e. The van der Waals surface area contributed by atoms with Crippen molar-refractivity contribution in [1.82, 2.24) is 5.32 Å². The predicted octanol–water partition coefficient (Wildman–Crippen LogP) is 3.58. The lowest BCUT2D eigenvalue weighted by Crippen LogP contribution is -2.25. The van der Waals surface area contributed by atoms with E-state index in [1.807, 2.05) is 0 Å². The molecule has 1 N–H and O–H groups in total. The van der Waals surface area contributed by atoms with Crippen molar-refractivity contribution in [2.45, 2.75) is 40.0 Å². The summed E-state index contributed by atoms with van der Waals surface area (Å²) >= 11 is 0. The van der Waals surface area contributed by atoms with Crippen molar-refractivity contribution in [1.29, 1.82) is 0 Å². The lowest BCUT2D eigenvalue weighted by Gasteiger charge is -2.17. The van der Waals surface area contributed by atoms with Crippen molar-refractivity contribution in [3.05, 3.63) is 35.4 Å². The maximum atomic E-state index is 5.63. The summed E-state index contributed by atoms with van der Waals surface area (Å²) in [5, 5.41) is 3.47. The Balaban J connectivity index is 2.43. The number of hydrogen-bond donors (Lipinski definition) is 1. The number of nitrogens with one attached hydrogen (secondary N) is 1. The summed E-state index contributed by atoms with van der Waals surface area (Å²) in [6, 6.07) is 8.85. The zero-order valence-electron chi connectivity index (χ0n) is 12.7. The Morgan fingerprint density at radius 3 is 2.74 bits per heavy atom. The van der Waals surface area contributed by atoms with E-state index in [0.29, 0.717) is 5.92 Å². The fourth-order valence-corrected chi connectivity index (χ4v) is 2.29. The van der Waals surface area contributed by atoms with E-state index in [4.69, 9.17) is 4.74 Å². The number of hydrogen-bond acceptors (Lipinski definition) is 2. The van der Waals surface area contributed by atoms with E-state index < -0.39 is 0 Å². The van der Waals surface area contributed by atoms with Crippen LogP contribution in [0.25, 0.3) is 0 Å². The first kappa shape index (κ1) is 16.2. The Labute approximate surface area is 118 Å². The van der Waals surface area contributed by atoms with Crippen LogP contribution in [-0.4, -0.2) is 26.3 Å². The zero-order chi connectivity index (χ0) is 13.9. The molecule has 0 bridgehead atoms. The van der Waals surface area contributed by atoms with Crippen molar-refractivity contribution in [2.24, 2.45) is 5.92 Å². The maximum absolute atomic E-state index is 5.63. The summed E-state index contributed by atoms with van der Waals surface area (Å²) < 4.78 is 5.63. The largest absolute Gasteiger partial charge is 0.381 e. The van der Waals surface area contributed by atoms with Gasteiger partial charge in [0.05, 0.1) is 0 Å². The van der Waals surface area contributed by atoms with Gasteiger partial charge in [-0.05, 0) is 50.8 Å². The second-order valence-corrected chi connectivity index (χ2v) is 5.27. The molecule has 1 unspecified atom stereocenters. The standard InChI is InChI=1S/C17H29NO/c1-4-10-19-11-9-17(14-18-5-2)13-16-8-6-7-15(3)12-16/h6-8,12,17-18H,4-5,9-11,13-14H2,1-3H3. The summed E-state index contributed by atoms with van der Waals surface area (Å²) in [4.78, 5) is 0. The van der Waals surface area contributed by atoms with E-state index in [9.17, 15) is 0 Å². The second-order valence-electron chi connectivity index (χ2n) is 5.27. The highest BCUT2D eigenvalue weighted by Crippen LogP contribution is 2.13. The van der Waals surface area contributed by atoms with Gasteiger partial charge in [0, 0.05) is 13.2 Å². The number of benzene rings is 1. The lowest BCUT2D eigenvalue weighted by molar-refractivity contribution is 0.120. The zero-order valence-corrected chi connectivity index (χ0v) is 12.7. The van der Waals surface area contributed by atoms with E-state index in [-0.39, 0.29) is 0 Å². The summed E-state index contributed by atoms with van der Waals surface area (Å²) in [6.45, 7) is 10.4. The second kappa shape index (κ2) is 9.99. The van der Waals surface area contributed by atoms with Crippen LogP contribution in [0.15, 0.2) is 24.3 Å². The van der Waals surface area contributed by atoms with Crippen LogP contribution in [0.5, 0.6) is 0 Å². The first-order chi connectivity index (χ1) is 9.26. The van der Waals surface area contributed by atoms with E-state index in [1.165, 1.54) is 11.1 Å². The van der Waals surface area contributed by atoms with Crippen LogP contribution in [-0.2, 0) is 11.2 Å². The molecule has 2 heteroatoms. The number of rotatable bonds is 10. The molecule has 0 amide bonds. The minimum Gasteiger partial charge on any atom is -0.381 e. The fourth-order valence-electron chi connectivity index (χ4n) is 2.29. The van der Waals surface area contributed by atoms with Crippen LogP contribution < -0.4 is 5.32 Å². The quantitative estimate of drug-likeness (QED) is 0.651. The van der Waals surface area contributed by atoms with Gasteiger partial charge in [0.25, 0.3) is 0 Å². The normalized spacial score (nSPS) is 12.6. The molecule has 1 rings (SSSR count). The fraction of sp³-hybridized carbons (Fsp3) is 0.647. The Bertz CT molecular complexity index is 338. The van der Waals surface area contributed by atoms with Crippen LogP contribution >= 0.6 is 0 Å². The molecule has 0 saturated heterocycles. The lowest BCUT2D eigenvalue weighted by atomic mass is 9.95. The Morgan fingerprint density at radius 2 is 2.05 bits per heavy atom. The monoisotopic (exact) mass is 263 g/mol. The third-order valence-corrected chi connectivity index (χ3v) is 3.31. The molecule has 0 heterocycles. The molecule has 0 aliphatic carbocycles. The topological polar surface area (TPSA) is 21.3 Å². The molecule has 108 valence electrons. The van der Waals surface area contributed by atoms with Crippen molar-refractivity contribution in [2.75, 3.05) is 26.3 Å². The average Bonchev–Trinajstić information content (AvgIpc) is 2.40. The van der Waals surface area contributed by atoms with Gasteiger partial charge in [-0.3, -0.25) is 0 Å². The molecule has 0 aliphatic heterocycles. The van der Waals surface area contributed by atoms with Crippen molar-refractivity contribution < 1.29 is 4.74 Å². The minimum atomic E-state index is 0.665. The molecule has 0 spiro atoms. The molecule has 1 aromatic rings. The van der Waals surface area contributed by atoms with Crippen LogP contribution in [0.3, 0.4) is 0 Å². The average molecular weight is 263 g/mol. The summed E-state index contributed by atoms with van der Waals surface area (Å²) in [7, 11) is 0. The first-order valence-corrected chi connectivity index (χ1v) is 7.60. The Morgan fingerprint density at radius 1 is 1.21 bits per heavy atom. The van der Waals surface area contributed by atoms with Crippen molar-refractivity contribution in [3.8, 4) is 0 Å². The number of ether oxygens (including phenoxy) is 1. The van der Waals surface area contributed by atoms with Gasteiger partial charge in [0.2, 0.25) is 0 Å². The molecule has 0 aliphatic rings. The van der Waals surface area contributed by atoms with E-state index in [1.54, 1.807) is 0 Å². The molecule has 1 aromatic carbocycles. The molecular formula is C17H29NO. The van der Waals surface area contributed by atoms with Gasteiger partial charge in [-0.2, -0.15) is 0 Å². The highest BCUT2D eigenvalue weighted by Gasteiger charge is 2.09. The molecule has 1 atom stereocenters. The molecular weight excluding hydrogens is 234 g/mol. The Kier molecular flexibility index (Phi) is 8.52. The number of aryl methyl sites for hydroxylation is 1. The summed E-state index contributed by atoms with van der Waals surface area (Å²) in [5.41, 5.74) is 2.79. The highest BCUT2D eigenvalue weighted by atomic mass is 16.5. The molecule has 0 radical (unpaired) electrons. The molecule has 0 saturated carbocycles. The molecule has 0 aromatic heterocycles. The highest BCUT2D eigenvalue weighted by molar-refractivity contribution is 5.22. The SMILES string of the molecule is CCCOCCC(CNCC)Cc1cccc(C)c1. The minimum absolute atomic E-state index is 0.665. The third kappa shape index (κ3) is 7.34. The van der Waals surface area contributed by atoms with E-state index in [0.717, 1.165) is 45.6 Å². The van der Waals surface area contributed by atoms with Gasteiger partial charge in [-0.25, -0.2) is 0 Å². The Hall–Kier alpha value is -0.860. The van der Waals surface area contributed by atoms with Gasteiger partial charge in [-0.1, -0.05) is 43.7 Å². The van der Waals surface area contributed by atoms with Crippen LogP contribution in [0.2, 0.25) is 0 Å². The smallest absolute Gasteiger partial charge is 0.0469 e. The molecule has 19 heavy (non-hydrogen) atoms. The van der Waals surface area contributed by atoms with Gasteiger partial charge >= 0.3 is 0 Å². The van der Waals surface area contributed by atoms with Crippen LogP contribution in [0.1, 0.15) is 37.8 Å². The van der Waals surface area contributed by atoms with E-state index >= 15 is 0 Å². The summed E-state index contributed by atoms with van der Waals surface area (Å²) in [5.74, 6) is 0.665. The van der Waals surface area contributed by atoms with Crippen LogP contribution in [0.4, 0.5) is 0 Å². The molecule has 2 nitrogen and oxygen atoms in total.